The van der Waals surface area contributed by atoms with Crippen molar-refractivity contribution >= 4 is 11.9 Å². The summed E-state index contributed by atoms with van der Waals surface area (Å²) in [6.07, 6.45) is 86.2. The Kier molecular flexibility index (Phi) is 64.9. The molecule has 500 valence electrons. The van der Waals surface area contributed by atoms with Crippen LogP contribution < -0.4 is 0 Å². The van der Waals surface area contributed by atoms with Gasteiger partial charge in [-0.15, -0.1) is 5.06 Å². The van der Waals surface area contributed by atoms with Gasteiger partial charge in [0.15, 0.2) is 0 Å². The minimum Gasteiger partial charge on any atom is -0.364 e. The van der Waals surface area contributed by atoms with Crippen LogP contribution in [0.4, 0.5) is 0 Å². The molecule has 0 saturated carbocycles. The highest BCUT2D eigenvalue weighted by molar-refractivity contribution is 6.05. The van der Waals surface area contributed by atoms with E-state index in [1.54, 1.807) is 0 Å². The Balaban J connectivity index is 2.79. The Morgan fingerprint density at radius 2 is 0.424 bits per heavy atom. The molecule has 0 aliphatic carbocycles. The molecule has 0 atom stereocenters. The van der Waals surface area contributed by atoms with Gasteiger partial charge in [0.2, 0.25) is 0 Å². The Labute approximate surface area is 533 Å². The third kappa shape index (κ3) is 55.9. The number of nitrogens with zero attached hydrogens (tertiary/aromatic N) is 2. The van der Waals surface area contributed by atoms with Crippen LogP contribution in [-0.2, 0) is 4.84 Å². The van der Waals surface area contributed by atoms with Crippen molar-refractivity contribution in [3.8, 4) is 0 Å². The van der Waals surface area contributed by atoms with Gasteiger partial charge in [-0.3, -0.25) is 4.79 Å². The predicted octanol–water partition coefficient (Wildman–Crippen LogP) is 27.5. The van der Waals surface area contributed by atoms with Crippen LogP contribution in [0.1, 0.15) is 459 Å². The second-order valence-corrected chi connectivity index (χ2v) is 27.4. The monoisotopic (exact) mass is 1190 g/mol. The predicted molar refractivity (Wildman–Crippen MR) is 378 cm³/mol. The minimum atomic E-state index is -0.360. The molecule has 0 N–H and O–H groups in total. The lowest BCUT2D eigenvalue weighted by molar-refractivity contribution is -0.111. The number of hydroxylamine groups is 2. The Hall–Kier alpha value is -1.88. The smallest absolute Gasteiger partial charge is 0.357 e. The molecular weight excluding hydrogens is 1040 g/mol. The molecule has 5 heteroatoms. The highest BCUT2D eigenvalue weighted by Crippen LogP contribution is 2.22. The summed E-state index contributed by atoms with van der Waals surface area (Å²) in [6.45, 7) is 12.3. The summed E-state index contributed by atoms with van der Waals surface area (Å²) in [5.74, 6) is -0.349. The number of rotatable bonds is 71. The van der Waals surface area contributed by atoms with Gasteiger partial charge in [0.1, 0.15) is 0 Å². The lowest BCUT2D eigenvalue weighted by Gasteiger charge is -2.25. The summed E-state index contributed by atoms with van der Waals surface area (Å²) in [5.41, 5.74) is 0.950. The molecule has 0 saturated heterocycles. The first-order chi connectivity index (χ1) is 42.1. The molecule has 1 aromatic carbocycles. The van der Waals surface area contributed by atoms with Crippen molar-refractivity contribution in [2.75, 3.05) is 26.2 Å². The van der Waals surface area contributed by atoms with Gasteiger partial charge in [0, 0.05) is 26.2 Å². The van der Waals surface area contributed by atoms with Gasteiger partial charge < -0.3 is 9.74 Å². The van der Waals surface area contributed by atoms with E-state index in [0.29, 0.717) is 11.1 Å². The first-order valence-electron chi connectivity index (χ1n) is 39.4. The van der Waals surface area contributed by atoms with E-state index in [1.807, 2.05) is 29.3 Å². The van der Waals surface area contributed by atoms with E-state index in [1.165, 1.54) is 372 Å². The highest BCUT2D eigenvalue weighted by Gasteiger charge is 2.24. The van der Waals surface area contributed by atoms with E-state index in [0.717, 1.165) is 64.7 Å². The first-order valence-corrected chi connectivity index (χ1v) is 39.4. The molecule has 0 fully saturated rings. The van der Waals surface area contributed by atoms with Gasteiger partial charge in [-0.05, 0) is 37.8 Å². The fourth-order valence-electron chi connectivity index (χ4n) is 13.1. The van der Waals surface area contributed by atoms with Gasteiger partial charge >= 0.3 is 5.97 Å². The fraction of sp³-hybridized carbons (Fsp3) is 0.900. The molecule has 0 heterocycles. The largest absolute Gasteiger partial charge is 0.364 e. The van der Waals surface area contributed by atoms with Crippen LogP contribution in [0.5, 0.6) is 0 Å². The van der Waals surface area contributed by atoms with E-state index in [9.17, 15) is 9.59 Å². The zero-order chi connectivity index (χ0) is 61.1. The van der Waals surface area contributed by atoms with E-state index >= 15 is 0 Å². The average molecular weight is 1190 g/mol. The van der Waals surface area contributed by atoms with Crippen LogP contribution in [0, 0.1) is 0 Å². The molecular formula is C80H152N2O3. The minimum absolute atomic E-state index is 0.0108. The number of hydrogen-bond donors (Lipinski definition) is 0. The summed E-state index contributed by atoms with van der Waals surface area (Å²) in [6, 6.07) is 7.59. The van der Waals surface area contributed by atoms with Crippen LogP contribution in [0.2, 0.25) is 0 Å². The second kappa shape index (κ2) is 68.0. The lowest BCUT2D eigenvalue weighted by Crippen LogP contribution is -2.35. The maximum absolute atomic E-state index is 14.7. The van der Waals surface area contributed by atoms with Crippen molar-refractivity contribution in [1.82, 2.24) is 9.96 Å². The molecule has 0 radical (unpaired) electrons. The van der Waals surface area contributed by atoms with Crippen LogP contribution in [0.25, 0.3) is 0 Å². The van der Waals surface area contributed by atoms with Crippen molar-refractivity contribution in [2.45, 2.75) is 439 Å². The maximum atomic E-state index is 14.7. The van der Waals surface area contributed by atoms with Crippen LogP contribution >= 0.6 is 0 Å². The summed E-state index contributed by atoms with van der Waals surface area (Å²) in [7, 11) is 0. The normalized spacial score (nSPS) is 11.6. The quantitative estimate of drug-likeness (QED) is 0.0482. The maximum Gasteiger partial charge on any atom is 0.357 e. The molecule has 0 unspecified atom stereocenters. The van der Waals surface area contributed by atoms with E-state index in [4.69, 9.17) is 4.84 Å². The third-order valence-electron chi connectivity index (χ3n) is 19.0. The summed E-state index contributed by atoms with van der Waals surface area (Å²) in [5, 5.41) is 1.97. The van der Waals surface area contributed by atoms with Gasteiger partial charge in [0.25, 0.3) is 5.91 Å². The highest BCUT2D eigenvalue weighted by atomic mass is 16.7. The molecule has 85 heavy (non-hydrogen) atoms. The van der Waals surface area contributed by atoms with Crippen molar-refractivity contribution in [1.29, 1.82) is 0 Å². The van der Waals surface area contributed by atoms with E-state index in [2.05, 4.69) is 32.6 Å². The molecule has 0 aromatic heterocycles. The first kappa shape index (κ1) is 81.1. The molecule has 0 aliphatic rings. The Bertz CT molecular complexity index is 1410. The van der Waals surface area contributed by atoms with E-state index in [-0.39, 0.29) is 11.9 Å². The number of hydrogen-bond acceptors (Lipinski definition) is 4. The van der Waals surface area contributed by atoms with E-state index < -0.39 is 0 Å². The van der Waals surface area contributed by atoms with Gasteiger partial charge in [-0.2, -0.15) is 0 Å². The molecule has 5 nitrogen and oxygen atoms in total. The van der Waals surface area contributed by atoms with Crippen molar-refractivity contribution in [2.24, 2.45) is 0 Å². The standard InChI is InChI=1S/C80H152N2O3/c1-5-9-13-17-21-25-29-33-37-41-45-49-53-57-61-67-73-81(74-68-62-58-54-50-46-42-38-34-30-26-22-18-14-10-6-2)79(83)77-71-65-66-72-78(77)80(84)85-82(75-69-63-59-55-51-47-43-39-35-31-27-23-19-15-11-7-3)76-70-64-60-56-52-48-44-40-36-32-28-24-20-16-12-8-4/h65-66,71-72H,5-64,67-70,73-76H2,1-4H3. The van der Waals surface area contributed by atoms with Crippen LogP contribution in [-0.4, -0.2) is 48.0 Å². The molecule has 1 aromatic rings. The van der Waals surface area contributed by atoms with Crippen molar-refractivity contribution in [3.63, 3.8) is 0 Å². The van der Waals surface area contributed by atoms with Crippen molar-refractivity contribution < 1.29 is 14.4 Å². The molecule has 1 amide bonds. The number of unbranched alkanes of at least 4 members (excludes halogenated alkanes) is 60. The topological polar surface area (TPSA) is 49.9 Å². The van der Waals surface area contributed by atoms with Crippen LogP contribution in [0.3, 0.4) is 0 Å². The second-order valence-electron chi connectivity index (χ2n) is 27.4. The average Bonchev–Trinajstić information content (AvgIpc) is 3.67. The number of benzene rings is 1. The Morgan fingerprint density at radius 1 is 0.247 bits per heavy atom. The molecule has 0 bridgehead atoms. The number of amides is 1. The molecule has 0 aliphatic heterocycles. The van der Waals surface area contributed by atoms with Gasteiger partial charge in [-0.25, -0.2) is 4.79 Å². The molecule has 1 rings (SSSR count). The fourth-order valence-corrected chi connectivity index (χ4v) is 13.1. The summed E-state index contributed by atoms with van der Waals surface area (Å²) < 4.78 is 0. The molecule has 0 spiro atoms. The third-order valence-corrected chi connectivity index (χ3v) is 19.0. The number of carbonyl (C=O) groups excluding carboxylic acids is 2. The summed E-state index contributed by atoms with van der Waals surface area (Å²) in [4.78, 5) is 37.5. The SMILES string of the molecule is CCCCCCCCCCCCCCCCCCN(CCCCCCCCCCCCCCCCCC)OC(=O)c1ccccc1C(=O)N(CCCCCCCCCCCCCCCCCC)CCCCCCCCCCCCCCCCCC. The lowest BCUT2D eigenvalue weighted by atomic mass is 10.0. The Morgan fingerprint density at radius 3 is 0.635 bits per heavy atom. The zero-order valence-corrected chi connectivity index (χ0v) is 58.5. The van der Waals surface area contributed by atoms with Gasteiger partial charge in [-0.1, -0.05) is 425 Å². The summed E-state index contributed by atoms with van der Waals surface area (Å²) >= 11 is 0. The van der Waals surface area contributed by atoms with Crippen LogP contribution in [0.15, 0.2) is 24.3 Å². The van der Waals surface area contributed by atoms with Gasteiger partial charge in [0.05, 0.1) is 11.1 Å². The number of carbonyl (C=O) groups is 2. The van der Waals surface area contributed by atoms with Crippen molar-refractivity contribution in [3.05, 3.63) is 35.4 Å². The zero-order valence-electron chi connectivity index (χ0n) is 58.5.